The molecule has 0 atom stereocenters. The van der Waals surface area contributed by atoms with Gasteiger partial charge in [0.05, 0.1) is 5.69 Å². The lowest BCUT2D eigenvalue weighted by atomic mass is 9.91. The Kier molecular flexibility index (Phi) is 5.11. The van der Waals surface area contributed by atoms with Gasteiger partial charge in [-0.3, -0.25) is 10.1 Å². The molecule has 0 aliphatic carbocycles. The quantitative estimate of drug-likeness (QED) is 0.833. The number of hydrogen-bond donors (Lipinski definition) is 2. The van der Waals surface area contributed by atoms with E-state index in [1.54, 1.807) is 7.11 Å². The fraction of sp³-hybridized carbons (Fsp3) is 0.375. The van der Waals surface area contributed by atoms with E-state index in [-0.39, 0.29) is 5.91 Å². The Bertz CT molecular complexity index is 698. The molecule has 3 rings (SSSR count). The molecule has 1 amide bonds. The standard InChI is InChI=1S/C16H18BrN3O2S/c1-22-16(5-7-18-8-6-16)14(21)20-15-19-13(10-23-15)11-3-2-4-12(17)9-11/h2-4,9-10,18H,5-8H2,1H3,(H,19,20,21). The zero-order valence-electron chi connectivity index (χ0n) is 12.8. The van der Waals surface area contributed by atoms with Crippen molar-refractivity contribution in [2.75, 3.05) is 25.5 Å². The van der Waals surface area contributed by atoms with Gasteiger partial charge in [-0.25, -0.2) is 4.98 Å². The fourth-order valence-electron chi connectivity index (χ4n) is 2.68. The van der Waals surface area contributed by atoms with Crippen molar-refractivity contribution in [3.63, 3.8) is 0 Å². The van der Waals surface area contributed by atoms with Crippen molar-refractivity contribution < 1.29 is 9.53 Å². The van der Waals surface area contributed by atoms with Gasteiger partial charge >= 0.3 is 0 Å². The Balaban J connectivity index is 1.75. The highest BCUT2D eigenvalue weighted by Crippen LogP contribution is 2.29. The molecule has 23 heavy (non-hydrogen) atoms. The molecule has 0 unspecified atom stereocenters. The molecule has 0 saturated carbocycles. The summed E-state index contributed by atoms with van der Waals surface area (Å²) >= 11 is 4.88. The molecular formula is C16H18BrN3O2S. The molecular weight excluding hydrogens is 378 g/mol. The number of ether oxygens (including phenoxy) is 1. The van der Waals surface area contributed by atoms with E-state index in [2.05, 4.69) is 31.5 Å². The van der Waals surface area contributed by atoms with Gasteiger partial charge in [-0.15, -0.1) is 11.3 Å². The van der Waals surface area contributed by atoms with Gasteiger partial charge in [0, 0.05) is 22.5 Å². The molecule has 1 saturated heterocycles. The Hall–Kier alpha value is -1.28. The number of aromatic nitrogens is 1. The monoisotopic (exact) mass is 395 g/mol. The number of halogens is 1. The number of carbonyl (C=O) groups excluding carboxylic acids is 1. The Morgan fingerprint density at radius 1 is 1.43 bits per heavy atom. The van der Waals surface area contributed by atoms with E-state index in [0.717, 1.165) is 28.8 Å². The van der Waals surface area contributed by atoms with Crippen LogP contribution in [0.5, 0.6) is 0 Å². The average molecular weight is 396 g/mol. The molecule has 5 nitrogen and oxygen atoms in total. The number of hydrogen-bond acceptors (Lipinski definition) is 5. The van der Waals surface area contributed by atoms with Crippen LogP contribution in [0.1, 0.15) is 12.8 Å². The second kappa shape index (κ2) is 7.09. The average Bonchev–Trinajstić information content (AvgIpc) is 3.04. The molecule has 2 N–H and O–H groups in total. The number of thiazole rings is 1. The number of rotatable bonds is 4. The predicted molar refractivity (Wildman–Crippen MR) is 95.7 cm³/mol. The molecule has 0 spiro atoms. The highest BCUT2D eigenvalue weighted by molar-refractivity contribution is 9.10. The van der Waals surface area contributed by atoms with Crippen molar-refractivity contribution >= 4 is 38.3 Å². The summed E-state index contributed by atoms with van der Waals surface area (Å²) in [6.45, 7) is 1.56. The first-order chi connectivity index (χ1) is 11.1. The van der Waals surface area contributed by atoms with Gasteiger partial charge in [0.25, 0.3) is 5.91 Å². The number of carbonyl (C=O) groups is 1. The van der Waals surface area contributed by atoms with E-state index >= 15 is 0 Å². The van der Waals surface area contributed by atoms with Crippen molar-refractivity contribution in [2.45, 2.75) is 18.4 Å². The molecule has 1 aromatic carbocycles. The van der Waals surface area contributed by atoms with Crippen molar-refractivity contribution in [1.29, 1.82) is 0 Å². The lowest BCUT2D eigenvalue weighted by molar-refractivity contribution is -0.140. The van der Waals surface area contributed by atoms with Crippen LogP contribution in [0.15, 0.2) is 34.1 Å². The maximum absolute atomic E-state index is 12.6. The normalized spacial score (nSPS) is 17.0. The number of nitrogens with one attached hydrogen (secondary N) is 2. The van der Waals surface area contributed by atoms with Gasteiger partial charge in [-0.1, -0.05) is 28.1 Å². The van der Waals surface area contributed by atoms with E-state index in [4.69, 9.17) is 4.74 Å². The molecule has 2 heterocycles. The van der Waals surface area contributed by atoms with Gasteiger partial charge in [-0.2, -0.15) is 0 Å². The van der Waals surface area contributed by atoms with E-state index in [1.807, 2.05) is 29.6 Å². The summed E-state index contributed by atoms with van der Waals surface area (Å²) in [7, 11) is 1.60. The van der Waals surface area contributed by atoms with Crippen LogP contribution in [0.2, 0.25) is 0 Å². The van der Waals surface area contributed by atoms with Crippen LogP contribution in [0, 0.1) is 0 Å². The number of anilines is 1. The minimum absolute atomic E-state index is 0.114. The van der Waals surface area contributed by atoms with Gasteiger partial charge < -0.3 is 10.1 Å². The zero-order chi connectivity index (χ0) is 16.3. The second-order valence-electron chi connectivity index (χ2n) is 5.45. The van der Waals surface area contributed by atoms with E-state index in [0.29, 0.717) is 18.0 Å². The Morgan fingerprint density at radius 2 is 2.22 bits per heavy atom. The van der Waals surface area contributed by atoms with Crippen molar-refractivity contribution in [3.05, 3.63) is 34.1 Å². The van der Waals surface area contributed by atoms with Crippen LogP contribution < -0.4 is 10.6 Å². The van der Waals surface area contributed by atoms with E-state index in [9.17, 15) is 4.79 Å². The molecule has 1 aliphatic heterocycles. The number of amides is 1. The fourth-order valence-corrected chi connectivity index (χ4v) is 3.79. The minimum atomic E-state index is -0.757. The number of nitrogens with zero attached hydrogens (tertiary/aromatic N) is 1. The summed E-state index contributed by atoms with van der Waals surface area (Å²) < 4.78 is 6.54. The van der Waals surface area contributed by atoms with E-state index in [1.165, 1.54) is 11.3 Å². The Morgan fingerprint density at radius 3 is 2.91 bits per heavy atom. The molecule has 7 heteroatoms. The molecule has 1 aliphatic rings. The van der Waals surface area contributed by atoms with Crippen molar-refractivity contribution in [1.82, 2.24) is 10.3 Å². The summed E-state index contributed by atoms with van der Waals surface area (Å²) in [5.74, 6) is -0.114. The third-order valence-corrected chi connectivity index (χ3v) is 5.31. The largest absolute Gasteiger partial charge is 0.368 e. The first-order valence-corrected chi connectivity index (χ1v) is 9.09. The maximum atomic E-state index is 12.6. The van der Waals surface area contributed by atoms with E-state index < -0.39 is 5.60 Å². The van der Waals surface area contributed by atoms with Crippen LogP contribution >= 0.6 is 27.3 Å². The first kappa shape index (κ1) is 16.6. The van der Waals surface area contributed by atoms with Gasteiger partial charge in [0.2, 0.25) is 0 Å². The predicted octanol–water partition coefficient (Wildman–Crippen LogP) is 3.28. The zero-order valence-corrected chi connectivity index (χ0v) is 15.2. The summed E-state index contributed by atoms with van der Waals surface area (Å²) in [5, 5.41) is 8.70. The summed E-state index contributed by atoms with van der Waals surface area (Å²) in [6, 6.07) is 7.93. The second-order valence-corrected chi connectivity index (χ2v) is 7.22. The molecule has 1 fully saturated rings. The number of benzene rings is 1. The van der Waals surface area contributed by atoms with Gasteiger partial charge in [-0.05, 0) is 38.1 Å². The molecule has 2 aromatic rings. The topological polar surface area (TPSA) is 63.2 Å². The lowest BCUT2D eigenvalue weighted by Crippen LogP contribution is -2.51. The van der Waals surface area contributed by atoms with Crippen LogP contribution in [-0.2, 0) is 9.53 Å². The van der Waals surface area contributed by atoms with Gasteiger partial charge in [0.1, 0.15) is 5.60 Å². The third kappa shape index (κ3) is 3.63. The van der Waals surface area contributed by atoms with Gasteiger partial charge in [0.15, 0.2) is 5.13 Å². The third-order valence-electron chi connectivity index (χ3n) is 4.06. The molecule has 122 valence electrons. The van der Waals surface area contributed by atoms with Crippen LogP contribution in [0.25, 0.3) is 11.3 Å². The number of piperidine rings is 1. The summed E-state index contributed by atoms with van der Waals surface area (Å²) in [6.07, 6.45) is 1.33. The highest BCUT2D eigenvalue weighted by Gasteiger charge is 2.40. The smallest absolute Gasteiger partial charge is 0.258 e. The van der Waals surface area contributed by atoms with Crippen molar-refractivity contribution in [2.24, 2.45) is 0 Å². The van der Waals surface area contributed by atoms with Crippen LogP contribution in [0.3, 0.4) is 0 Å². The SMILES string of the molecule is COC1(C(=O)Nc2nc(-c3cccc(Br)c3)cs2)CCNCC1. The van der Waals surface area contributed by atoms with Crippen LogP contribution in [-0.4, -0.2) is 36.7 Å². The summed E-state index contributed by atoms with van der Waals surface area (Å²) in [4.78, 5) is 17.1. The van der Waals surface area contributed by atoms with Crippen LogP contribution in [0.4, 0.5) is 5.13 Å². The Labute approximate surface area is 147 Å². The van der Waals surface area contributed by atoms with Crippen molar-refractivity contribution in [3.8, 4) is 11.3 Å². The molecule has 0 bridgehead atoms. The number of methoxy groups -OCH3 is 1. The highest BCUT2D eigenvalue weighted by atomic mass is 79.9. The maximum Gasteiger partial charge on any atom is 0.258 e. The molecule has 0 radical (unpaired) electrons. The lowest BCUT2D eigenvalue weighted by Gasteiger charge is -2.34. The first-order valence-electron chi connectivity index (χ1n) is 7.42. The molecule has 1 aromatic heterocycles. The minimum Gasteiger partial charge on any atom is -0.368 e. The summed E-state index contributed by atoms with van der Waals surface area (Å²) in [5.41, 5.74) is 1.11.